The first kappa shape index (κ1) is 19.2. The Balaban J connectivity index is 1.69. The Hall–Kier alpha value is -3.12. The van der Waals surface area contributed by atoms with E-state index in [1.165, 1.54) is 0 Å². The van der Waals surface area contributed by atoms with Gasteiger partial charge in [0.1, 0.15) is 11.9 Å². The van der Waals surface area contributed by atoms with Crippen LogP contribution >= 0.6 is 11.8 Å². The molecule has 1 unspecified atom stereocenters. The summed E-state index contributed by atoms with van der Waals surface area (Å²) in [7, 11) is 1.98. The van der Waals surface area contributed by atoms with Crippen LogP contribution < -0.4 is 5.32 Å². The van der Waals surface area contributed by atoms with E-state index in [0.29, 0.717) is 5.56 Å². The van der Waals surface area contributed by atoms with Crippen LogP contribution in [-0.2, 0) is 7.05 Å². The molecule has 0 saturated carbocycles. The van der Waals surface area contributed by atoms with Gasteiger partial charge in [-0.3, -0.25) is 4.79 Å². The van der Waals surface area contributed by atoms with Crippen LogP contribution in [-0.4, -0.2) is 26.2 Å². The Morgan fingerprint density at radius 3 is 2.52 bits per heavy atom. The first-order valence-electron chi connectivity index (χ1n) is 9.53. The number of thioether (sulfide) groups is 1. The molecule has 1 atom stereocenters. The Morgan fingerprint density at radius 1 is 1.07 bits per heavy atom. The number of hydrogen-bond acceptors (Lipinski definition) is 4. The number of nitrogens with zero attached hydrogens (tertiary/aromatic N) is 3. The van der Waals surface area contributed by atoms with Crippen molar-refractivity contribution < 1.29 is 4.79 Å². The van der Waals surface area contributed by atoms with Crippen LogP contribution in [0, 0.1) is 0 Å². The Morgan fingerprint density at radius 2 is 1.83 bits per heavy atom. The zero-order valence-electron chi connectivity index (χ0n) is 16.4. The van der Waals surface area contributed by atoms with Gasteiger partial charge in [-0.25, -0.2) is 9.97 Å². The van der Waals surface area contributed by atoms with Crippen LogP contribution in [0.1, 0.15) is 34.7 Å². The van der Waals surface area contributed by atoms with Crippen molar-refractivity contribution in [3.05, 3.63) is 89.9 Å². The van der Waals surface area contributed by atoms with Gasteiger partial charge in [-0.05, 0) is 35.6 Å². The molecule has 5 nitrogen and oxygen atoms in total. The zero-order chi connectivity index (χ0) is 20.2. The third-order valence-electron chi connectivity index (χ3n) is 4.78. The number of amides is 1. The molecule has 0 saturated heterocycles. The highest BCUT2D eigenvalue weighted by molar-refractivity contribution is 7.99. The van der Waals surface area contributed by atoms with Crippen molar-refractivity contribution >= 4 is 28.7 Å². The molecule has 0 spiro atoms. The van der Waals surface area contributed by atoms with Gasteiger partial charge in [0.15, 0.2) is 0 Å². The van der Waals surface area contributed by atoms with Gasteiger partial charge in [-0.2, -0.15) is 0 Å². The molecular formula is C23H22N4OS. The summed E-state index contributed by atoms with van der Waals surface area (Å²) in [6.45, 7) is 2.08. The minimum Gasteiger partial charge on any atom is -0.338 e. The molecule has 29 heavy (non-hydrogen) atoms. The van der Waals surface area contributed by atoms with E-state index in [2.05, 4.69) is 17.2 Å². The quantitative estimate of drug-likeness (QED) is 0.479. The zero-order valence-corrected chi connectivity index (χ0v) is 17.2. The fraction of sp³-hybridized carbons (Fsp3) is 0.174. The normalized spacial score (nSPS) is 12.1. The van der Waals surface area contributed by atoms with Gasteiger partial charge in [0.2, 0.25) is 0 Å². The number of benzene rings is 2. The highest BCUT2D eigenvalue weighted by Gasteiger charge is 2.23. The van der Waals surface area contributed by atoms with Crippen molar-refractivity contribution in [3.63, 3.8) is 0 Å². The highest BCUT2D eigenvalue weighted by Crippen LogP contribution is 2.25. The number of nitrogens with one attached hydrogen (secondary N) is 1. The van der Waals surface area contributed by atoms with Gasteiger partial charge < -0.3 is 9.88 Å². The SMILES string of the molecule is CCSc1ccc(C(=O)NC(c2ccccc2)c2nc3ccccc3n2C)cn1. The smallest absolute Gasteiger partial charge is 0.253 e. The molecule has 2 aromatic heterocycles. The maximum absolute atomic E-state index is 13.0. The molecule has 146 valence electrons. The maximum Gasteiger partial charge on any atom is 0.253 e. The van der Waals surface area contributed by atoms with E-state index in [9.17, 15) is 4.79 Å². The lowest BCUT2D eigenvalue weighted by molar-refractivity contribution is 0.0940. The minimum absolute atomic E-state index is 0.175. The van der Waals surface area contributed by atoms with Gasteiger partial charge in [-0.15, -0.1) is 11.8 Å². The summed E-state index contributed by atoms with van der Waals surface area (Å²) in [5.74, 6) is 1.56. The number of fused-ring (bicyclic) bond motifs is 1. The summed E-state index contributed by atoms with van der Waals surface area (Å²) >= 11 is 1.65. The second kappa shape index (κ2) is 8.49. The molecule has 0 aliphatic carbocycles. The van der Waals surface area contributed by atoms with Crippen molar-refractivity contribution in [2.75, 3.05) is 5.75 Å². The molecular weight excluding hydrogens is 380 g/mol. The molecule has 0 bridgehead atoms. The lowest BCUT2D eigenvalue weighted by Gasteiger charge is -2.19. The van der Waals surface area contributed by atoms with Gasteiger partial charge in [-0.1, -0.05) is 49.4 Å². The van der Waals surface area contributed by atoms with Gasteiger partial charge >= 0.3 is 0 Å². The summed E-state index contributed by atoms with van der Waals surface area (Å²) in [4.78, 5) is 22.2. The number of pyridine rings is 1. The average molecular weight is 403 g/mol. The standard InChI is InChI=1S/C23H22N4OS/c1-3-29-20-14-13-17(15-24-20)23(28)26-21(16-9-5-4-6-10-16)22-25-18-11-7-8-12-19(18)27(22)2/h4-15,21H,3H2,1-2H3,(H,26,28). The molecule has 0 aliphatic heterocycles. The summed E-state index contributed by atoms with van der Waals surface area (Å²) in [5, 5.41) is 4.07. The monoisotopic (exact) mass is 402 g/mol. The van der Waals surface area contributed by atoms with E-state index in [1.54, 1.807) is 18.0 Å². The second-order valence-electron chi connectivity index (χ2n) is 6.65. The van der Waals surface area contributed by atoms with Crippen molar-refractivity contribution in [1.82, 2.24) is 19.9 Å². The number of rotatable bonds is 6. The summed E-state index contributed by atoms with van der Waals surface area (Å²) in [6, 6.07) is 21.2. The van der Waals surface area contributed by atoms with Gasteiger partial charge in [0, 0.05) is 13.2 Å². The first-order chi connectivity index (χ1) is 14.2. The Bertz CT molecular complexity index is 1120. The molecule has 0 radical (unpaired) electrons. The van der Waals surface area contributed by atoms with E-state index >= 15 is 0 Å². The number of aryl methyl sites for hydroxylation is 1. The molecule has 2 aromatic carbocycles. The van der Waals surface area contributed by atoms with E-state index in [0.717, 1.165) is 33.2 Å². The predicted molar refractivity (Wildman–Crippen MR) is 117 cm³/mol. The molecule has 1 amide bonds. The summed E-state index contributed by atoms with van der Waals surface area (Å²) in [6.07, 6.45) is 1.63. The van der Waals surface area contributed by atoms with Crippen LogP contribution in [0.4, 0.5) is 0 Å². The lowest BCUT2D eigenvalue weighted by Crippen LogP contribution is -2.31. The van der Waals surface area contributed by atoms with E-state index in [1.807, 2.05) is 78.3 Å². The summed E-state index contributed by atoms with van der Waals surface area (Å²) < 4.78 is 2.03. The second-order valence-corrected chi connectivity index (χ2v) is 7.94. The molecule has 2 heterocycles. The highest BCUT2D eigenvalue weighted by atomic mass is 32.2. The van der Waals surface area contributed by atoms with Crippen molar-refractivity contribution in [2.24, 2.45) is 7.05 Å². The van der Waals surface area contributed by atoms with Crippen molar-refractivity contribution in [2.45, 2.75) is 18.0 Å². The topological polar surface area (TPSA) is 59.8 Å². The first-order valence-corrected chi connectivity index (χ1v) is 10.5. The molecule has 0 fully saturated rings. The number of para-hydroxylation sites is 2. The molecule has 1 N–H and O–H groups in total. The average Bonchev–Trinajstić information content (AvgIpc) is 3.10. The third kappa shape index (κ3) is 4.03. The molecule has 4 rings (SSSR count). The van der Waals surface area contributed by atoms with E-state index < -0.39 is 0 Å². The van der Waals surface area contributed by atoms with Crippen LogP contribution in [0.3, 0.4) is 0 Å². The number of carbonyl (C=O) groups is 1. The van der Waals surface area contributed by atoms with Crippen molar-refractivity contribution in [1.29, 1.82) is 0 Å². The van der Waals surface area contributed by atoms with E-state index in [-0.39, 0.29) is 11.9 Å². The summed E-state index contributed by atoms with van der Waals surface area (Å²) in [5.41, 5.74) is 3.44. The van der Waals surface area contributed by atoms with E-state index in [4.69, 9.17) is 4.98 Å². The number of imidazole rings is 1. The number of aromatic nitrogens is 3. The number of carbonyl (C=O) groups excluding carboxylic acids is 1. The third-order valence-corrected chi connectivity index (χ3v) is 5.60. The largest absolute Gasteiger partial charge is 0.338 e. The van der Waals surface area contributed by atoms with Gasteiger partial charge in [0.05, 0.1) is 21.6 Å². The van der Waals surface area contributed by atoms with Crippen LogP contribution in [0.15, 0.2) is 78.0 Å². The fourth-order valence-electron chi connectivity index (χ4n) is 3.33. The van der Waals surface area contributed by atoms with Crippen LogP contribution in [0.2, 0.25) is 0 Å². The molecule has 6 heteroatoms. The number of hydrogen-bond donors (Lipinski definition) is 1. The Kier molecular flexibility index (Phi) is 5.62. The van der Waals surface area contributed by atoms with Gasteiger partial charge in [0.25, 0.3) is 5.91 Å². The van der Waals surface area contributed by atoms with Crippen molar-refractivity contribution in [3.8, 4) is 0 Å². The van der Waals surface area contributed by atoms with Crippen LogP contribution in [0.25, 0.3) is 11.0 Å². The Labute approximate surface area is 174 Å². The van der Waals surface area contributed by atoms with Crippen LogP contribution in [0.5, 0.6) is 0 Å². The predicted octanol–water partition coefficient (Wildman–Crippen LogP) is 4.60. The fourth-order valence-corrected chi connectivity index (χ4v) is 3.91. The lowest BCUT2D eigenvalue weighted by atomic mass is 10.1. The minimum atomic E-state index is -0.370. The molecule has 0 aliphatic rings. The molecule has 4 aromatic rings. The maximum atomic E-state index is 13.0.